The molecule has 0 saturated carbocycles. The molecule has 0 unspecified atom stereocenters. The highest BCUT2D eigenvalue weighted by molar-refractivity contribution is 5.85. The van der Waals surface area contributed by atoms with Gasteiger partial charge in [0.15, 0.2) is 5.82 Å². The van der Waals surface area contributed by atoms with E-state index in [-0.39, 0.29) is 17.8 Å². The van der Waals surface area contributed by atoms with Gasteiger partial charge in [-0.3, -0.25) is 4.40 Å². The van der Waals surface area contributed by atoms with Crippen molar-refractivity contribution in [1.29, 1.82) is 0 Å². The molecule has 3 rings (SSSR count). The summed E-state index contributed by atoms with van der Waals surface area (Å²) in [6.45, 7) is 3.85. The number of halogens is 1. The number of nitrogens with one attached hydrogen (secondary N) is 1. The number of anilines is 2. The van der Waals surface area contributed by atoms with Crippen LogP contribution in [0.3, 0.4) is 0 Å². The van der Waals surface area contributed by atoms with E-state index in [0.29, 0.717) is 18.0 Å². The minimum Gasteiger partial charge on any atom is -0.465 e. The molecular formula is C16H17FN6O2. The molecule has 3 aromatic rings. The average molecular weight is 344 g/mol. The van der Waals surface area contributed by atoms with E-state index in [4.69, 9.17) is 0 Å². The lowest BCUT2D eigenvalue weighted by molar-refractivity contribution is 0.199. The van der Waals surface area contributed by atoms with E-state index < -0.39 is 6.09 Å². The van der Waals surface area contributed by atoms with Gasteiger partial charge in [0.1, 0.15) is 5.82 Å². The molecule has 2 heterocycles. The smallest absolute Gasteiger partial charge is 0.414 e. The molecule has 0 aliphatic rings. The highest BCUT2D eigenvalue weighted by Gasteiger charge is 2.24. The topological polar surface area (TPSA) is 95.7 Å². The maximum Gasteiger partial charge on any atom is 0.414 e. The van der Waals surface area contributed by atoms with Crippen LogP contribution in [-0.4, -0.2) is 36.8 Å². The first-order valence-corrected chi connectivity index (χ1v) is 7.67. The highest BCUT2D eigenvalue weighted by atomic mass is 19.1. The Morgan fingerprint density at radius 1 is 1.40 bits per heavy atom. The number of hydrogen-bond donors (Lipinski definition) is 2. The monoisotopic (exact) mass is 344 g/mol. The van der Waals surface area contributed by atoms with E-state index in [1.54, 1.807) is 36.6 Å². The molecule has 0 atom stereocenters. The zero-order valence-corrected chi connectivity index (χ0v) is 13.7. The van der Waals surface area contributed by atoms with E-state index in [9.17, 15) is 14.3 Å². The Labute approximate surface area is 142 Å². The Morgan fingerprint density at radius 2 is 2.20 bits per heavy atom. The molecule has 2 N–H and O–H groups in total. The minimum absolute atomic E-state index is 0.189. The Hall–Kier alpha value is -3.23. The van der Waals surface area contributed by atoms with Gasteiger partial charge in [-0.1, -0.05) is 12.1 Å². The van der Waals surface area contributed by atoms with Crippen molar-refractivity contribution in [3.05, 3.63) is 48.0 Å². The third kappa shape index (κ3) is 3.35. The summed E-state index contributed by atoms with van der Waals surface area (Å²) in [4.78, 5) is 16.8. The number of amides is 1. The van der Waals surface area contributed by atoms with Crippen LogP contribution in [0.4, 0.5) is 21.0 Å². The van der Waals surface area contributed by atoms with Gasteiger partial charge >= 0.3 is 6.09 Å². The second kappa shape index (κ2) is 6.71. The van der Waals surface area contributed by atoms with Crippen molar-refractivity contribution in [2.45, 2.75) is 26.4 Å². The highest BCUT2D eigenvalue weighted by Crippen LogP contribution is 2.20. The summed E-state index contributed by atoms with van der Waals surface area (Å²) >= 11 is 0. The number of aromatic nitrogens is 4. The molecule has 0 aliphatic heterocycles. The summed E-state index contributed by atoms with van der Waals surface area (Å²) in [7, 11) is 0. The summed E-state index contributed by atoms with van der Waals surface area (Å²) in [5.41, 5.74) is 1.14. The zero-order chi connectivity index (χ0) is 18.0. The first kappa shape index (κ1) is 16.6. The second-order valence-electron chi connectivity index (χ2n) is 5.70. The fourth-order valence-corrected chi connectivity index (χ4v) is 2.47. The van der Waals surface area contributed by atoms with Crippen LogP contribution < -0.4 is 10.2 Å². The quantitative estimate of drug-likeness (QED) is 0.739. The number of carbonyl (C=O) groups is 1. The van der Waals surface area contributed by atoms with Crippen LogP contribution in [0.15, 0.2) is 36.7 Å². The van der Waals surface area contributed by atoms with Crippen molar-refractivity contribution >= 4 is 23.5 Å². The molecule has 2 aromatic heterocycles. The van der Waals surface area contributed by atoms with Crippen molar-refractivity contribution in [2.75, 3.05) is 10.2 Å². The fraction of sp³-hybridized carbons (Fsp3) is 0.250. The molecule has 9 heteroatoms. The summed E-state index contributed by atoms with van der Waals surface area (Å²) in [6, 6.07) is 5.91. The summed E-state index contributed by atoms with van der Waals surface area (Å²) in [5.74, 6) is 0.303. The Kier molecular flexibility index (Phi) is 4.46. The number of fused-ring (bicyclic) bond motifs is 1. The van der Waals surface area contributed by atoms with Gasteiger partial charge < -0.3 is 10.4 Å². The fourth-order valence-electron chi connectivity index (χ4n) is 2.47. The van der Waals surface area contributed by atoms with Gasteiger partial charge in [-0.05, 0) is 31.5 Å². The van der Waals surface area contributed by atoms with Gasteiger partial charge in [0, 0.05) is 25.0 Å². The van der Waals surface area contributed by atoms with Gasteiger partial charge in [0.25, 0.3) is 0 Å². The van der Waals surface area contributed by atoms with Gasteiger partial charge in [0.05, 0.1) is 0 Å². The van der Waals surface area contributed by atoms with Crippen LogP contribution in [0.25, 0.3) is 5.65 Å². The first-order chi connectivity index (χ1) is 12.0. The van der Waals surface area contributed by atoms with Gasteiger partial charge in [-0.2, -0.15) is 0 Å². The predicted molar refractivity (Wildman–Crippen MR) is 90.1 cm³/mol. The van der Waals surface area contributed by atoms with E-state index in [1.165, 1.54) is 18.3 Å². The van der Waals surface area contributed by atoms with E-state index in [0.717, 1.165) is 10.5 Å². The molecule has 1 aromatic carbocycles. The van der Waals surface area contributed by atoms with Crippen LogP contribution in [0, 0.1) is 5.82 Å². The molecule has 0 aliphatic carbocycles. The predicted octanol–water partition coefficient (Wildman–Crippen LogP) is 2.77. The molecular weight excluding hydrogens is 327 g/mol. The van der Waals surface area contributed by atoms with Crippen molar-refractivity contribution < 1.29 is 14.3 Å². The third-order valence-corrected chi connectivity index (χ3v) is 3.60. The molecule has 1 amide bonds. The molecule has 8 nitrogen and oxygen atoms in total. The number of rotatable bonds is 5. The van der Waals surface area contributed by atoms with E-state index >= 15 is 0 Å². The standard InChI is InChI=1S/C16H17FN6O2/c1-10(2)23(16(24)25)15-21-20-14-13(18-6-7-22(14)15)19-9-11-4-3-5-12(17)8-11/h3-8,10H,9H2,1-2H3,(H,18,19)(H,24,25). The number of benzene rings is 1. The number of carboxylic acid groups (broad SMARTS) is 1. The van der Waals surface area contributed by atoms with Crippen molar-refractivity contribution in [3.8, 4) is 0 Å². The van der Waals surface area contributed by atoms with Crippen molar-refractivity contribution in [3.63, 3.8) is 0 Å². The lowest BCUT2D eigenvalue weighted by Crippen LogP contribution is -2.37. The third-order valence-electron chi connectivity index (χ3n) is 3.60. The normalized spacial score (nSPS) is 11.0. The van der Waals surface area contributed by atoms with Crippen molar-refractivity contribution in [1.82, 2.24) is 19.6 Å². The lowest BCUT2D eigenvalue weighted by Gasteiger charge is -2.20. The van der Waals surface area contributed by atoms with Gasteiger partial charge in [-0.15, -0.1) is 10.2 Å². The molecule has 0 radical (unpaired) electrons. The lowest BCUT2D eigenvalue weighted by atomic mass is 10.2. The van der Waals surface area contributed by atoms with E-state index in [1.807, 2.05) is 0 Å². The van der Waals surface area contributed by atoms with Gasteiger partial charge in [0.2, 0.25) is 11.6 Å². The van der Waals surface area contributed by atoms with Crippen LogP contribution in [0.1, 0.15) is 19.4 Å². The van der Waals surface area contributed by atoms with E-state index in [2.05, 4.69) is 20.5 Å². The maximum atomic E-state index is 13.3. The van der Waals surface area contributed by atoms with Crippen LogP contribution in [0.2, 0.25) is 0 Å². The van der Waals surface area contributed by atoms with Crippen LogP contribution in [-0.2, 0) is 6.54 Å². The summed E-state index contributed by atoms with van der Waals surface area (Å²) < 4.78 is 14.8. The molecule has 0 fully saturated rings. The average Bonchev–Trinajstić information content (AvgIpc) is 2.97. The Morgan fingerprint density at radius 3 is 2.88 bits per heavy atom. The molecule has 0 saturated heterocycles. The maximum absolute atomic E-state index is 13.3. The molecule has 130 valence electrons. The molecule has 0 bridgehead atoms. The molecule has 0 spiro atoms. The Bertz CT molecular complexity index is 911. The van der Waals surface area contributed by atoms with Crippen LogP contribution in [0.5, 0.6) is 0 Å². The number of nitrogens with zero attached hydrogens (tertiary/aromatic N) is 5. The Balaban J connectivity index is 1.92. The largest absolute Gasteiger partial charge is 0.465 e. The summed E-state index contributed by atoms with van der Waals surface area (Å²) in [6.07, 6.45) is 2.00. The SMILES string of the molecule is CC(C)N(C(=O)O)c1nnc2c(NCc3cccc(F)c3)nccn12. The second-order valence-corrected chi connectivity index (χ2v) is 5.70. The molecule has 25 heavy (non-hydrogen) atoms. The first-order valence-electron chi connectivity index (χ1n) is 7.67. The van der Waals surface area contributed by atoms with Gasteiger partial charge in [-0.25, -0.2) is 19.1 Å². The summed E-state index contributed by atoms with van der Waals surface area (Å²) in [5, 5.41) is 20.5. The minimum atomic E-state index is -1.12. The van der Waals surface area contributed by atoms with Crippen LogP contribution >= 0.6 is 0 Å². The number of hydrogen-bond acceptors (Lipinski definition) is 5. The van der Waals surface area contributed by atoms with Crippen molar-refractivity contribution in [2.24, 2.45) is 0 Å². The zero-order valence-electron chi connectivity index (χ0n) is 13.7.